The Hall–Kier alpha value is -2.58. The summed E-state index contributed by atoms with van der Waals surface area (Å²) in [6.45, 7) is 0.709. The first-order valence-electron chi connectivity index (χ1n) is 9.29. The van der Waals surface area contributed by atoms with Crippen molar-refractivity contribution in [2.45, 2.75) is 31.9 Å². The zero-order valence-corrected chi connectivity index (χ0v) is 15.6. The van der Waals surface area contributed by atoms with E-state index in [1.165, 1.54) is 0 Å². The molecule has 0 unspecified atom stereocenters. The second kappa shape index (κ2) is 8.62. The second-order valence-corrected chi connectivity index (χ2v) is 6.69. The Bertz CT molecular complexity index is 828. The van der Waals surface area contributed by atoms with Gasteiger partial charge >= 0.3 is 12.1 Å². The van der Waals surface area contributed by atoms with Gasteiger partial charge in [0.25, 0.3) is 0 Å². The average molecular weight is 391 g/mol. The Morgan fingerprint density at radius 1 is 1.07 bits per heavy atom. The molecule has 0 aliphatic carbocycles. The summed E-state index contributed by atoms with van der Waals surface area (Å²) in [4.78, 5) is 12.4. The predicted molar refractivity (Wildman–Crippen MR) is 100.0 cm³/mol. The number of halogens is 3. The molecule has 5 nitrogen and oxygen atoms in total. The third-order valence-corrected chi connectivity index (χ3v) is 4.76. The molecule has 0 saturated carbocycles. The van der Waals surface area contributed by atoms with Gasteiger partial charge in [0.2, 0.25) is 5.88 Å². The van der Waals surface area contributed by atoms with E-state index in [4.69, 9.17) is 4.74 Å². The number of carbonyl (C=O) groups excluding carboxylic acids is 1. The van der Waals surface area contributed by atoms with E-state index in [1.54, 1.807) is 6.07 Å². The maximum absolute atomic E-state index is 12.7. The van der Waals surface area contributed by atoms with E-state index in [9.17, 15) is 18.0 Å². The number of aryl methyl sites for hydroxylation is 2. The van der Waals surface area contributed by atoms with Crippen LogP contribution in [0.2, 0.25) is 0 Å². The topological polar surface area (TPSA) is 55.3 Å². The van der Waals surface area contributed by atoms with Gasteiger partial charge in [0.05, 0.1) is 12.2 Å². The minimum Gasteiger partial charge on any atom is -0.486 e. The van der Waals surface area contributed by atoms with E-state index < -0.39 is 12.1 Å². The van der Waals surface area contributed by atoms with Crippen molar-refractivity contribution in [3.63, 3.8) is 0 Å². The van der Waals surface area contributed by atoms with Crippen LogP contribution in [0.1, 0.15) is 22.4 Å². The zero-order valence-electron chi connectivity index (χ0n) is 15.6. The number of carbonyl (C=O) groups is 1. The van der Waals surface area contributed by atoms with Crippen molar-refractivity contribution in [1.82, 2.24) is 15.1 Å². The number of aromatic nitrogens is 2. The number of hydrogen-bond acceptors (Lipinski definition) is 4. The van der Waals surface area contributed by atoms with Crippen molar-refractivity contribution in [3.05, 3.63) is 52.7 Å². The highest BCUT2D eigenvalue weighted by Crippen LogP contribution is 2.23. The van der Waals surface area contributed by atoms with Crippen molar-refractivity contribution in [2.24, 2.45) is 0 Å². The van der Waals surface area contributed by atoms with Gasteiger partial charge in [0.15, 0.2) is 7.85 Å². The van der Waals surface area contributed by atoms with Crippen LogP contribution >= 0.6 is 0 Å². The van der Waals surface area contributed by atoms with E-state index in [1.807, 2.05) is 32.1 Å². The molecule has 0 radical (unpaired) electrons. The fourth-order valence-corrected chi connectivity index (χ4v) is 3.29. The lowest BCUT2D eigenvalue weighted by Gasteiger charge is -2.21. The minimum absolute atomic E-state index is 0.0825. The standard InChI is InChI=1S/C19H21BF3N3O2/c20-12-28-17-6-5-16(24-25-17)4-2-13-1-3-14-7-9-26(10-8-15(14)11-13)18(27)19(21,22)23/h1,3,5-6,11H,2,4,7-10,12,20H2. The highest BCUT2D eigenvalue weighted by Gasteiger charge is 2.42. The van der Waals surface area contributed by atoms with Crippen LogP contribution in [0.4, 0.5) is 13.2 Å². The van der Waals surface area contributed by atoms with Gasteiger partial charge < -0.3 is 9.64 Å². The van der Waals surface area contributed by atoms with E-state index in [0.717, 1.165) is 33.7 Å². The Kier molecular flexibility index (Phi) is 6.21. The Morgan fingerprint density at radius 3 is 2.46 bits per heavy atom. The Morgan fingerprint density at radius 2 is 1.82 bits per heavy atom. The van der Waals surface area contributed by atoms with Gasteiger partial charge in [-0.25, -0.2) is 0 Å². The summed E-state index contributed by atoms with van der Waals surface area (Å²) in [5.41, 5.74) is 3.94. The van der Waals surface area contributed by atoms with Gasteiger partial charge in [-0.05, 0) is 48.4 Å². The number of ether oxygens (including phenoxy) is 1. The van der Waals surface area contributed by atoms with Crippen LogP contribution < -0.4 is 4.74 Å². The van der Waals surface area contributed by atoms with Crippen molar-refractivity contribution in [1.29, 1.82) is 0 Å². The Balaban J connectivity index is 1.61. The summed E-state index contributed by atoms with van der Waals surface area (Å²) < 4.78 is 43.3. The van der Waals surface area contributed by atoms with Crippen LogP contribution in [-0.4, -0.2) is 54.6 Å². The second-order valence-electron chi connectivity index (χ2n) is 6.69. The smallest absolute Gasteiger partial charge is 0.471 e. The summed E-state index contributed by atoms with van der Waals surface area (Å²) in [6.07, 6.45) is -2.51. The molecule has 0 fully saturated rings. The number of hydrogen-bond donors (Lipinski definition) is 0. The van der Waals surface area contributed by atoms with E-state index in [-0.39, 0.29) is 13.1 Å². The lowest BCUT2D eigenvalue weighted by atomic mass is 9.98. The van der Waals surface area contributed by atoms with Gasteiger partial charge in [0, 0.05) is 19.2 Å². The Labute approximate surface area is 162 Å². The predicted octanol–water partition coefficient (Wildman–Crippen LogP) is 1.72. The van der Waals surface area contributed by atoms with Gasteiger partial charge in [0.1, 0.15) is 0 Å². The number of alkyl halides is 3. The lowest BCUT2D eigenvalue weighted by molar-refractivity contribution is -0.185. The first-order chi connectivity index (χ1) is 13.4. The van der Waals surface area contributed by atoms with Crippen LogP contribution in [0.5, 0.6) is 5.88 Å². The molecule has 9 heteroatoms. The monoisotopic (exact) mass is 391 g/mol. The fraction of sp³-hybridized carbons (Fsp3) is 0.421. The number of benzene rings is 1. The molecule has 0 saturated heterocycles. The molecular weight excluding hydrogens is 370 g/mol. The quantitative estimate of drug-likeness (QED) is 0.729. The van der Waals surface area contributed by atoms with Gasteiger partial charge in [-0.3, -0.25) is 4.79 Å². The minimum atomic E-state index is -4.82. The molecule has 2 aromatic rings. The number of rotatable bonds is 5. The zero-order chi connectivity index (χ0) is 20.1. The lowest BCUT2D eigenvalue weighted by Crippen LogP contribution is -2.42. The number of nitrogens with zero attached hydrogens (tertiary/aromatic N) is 3. The van der Waals surface area contributed by atoms with Gasteiger partial charge in [-0.2, -0.15) is 18.3 Å². The maximum atomic E-state index is 12.7. The molecule has 3 rings (SSSR count). The van der Waals surface area contributed by atoms with Crippen LogP contribution in [-0.2, 0) is 30.5 Å². The molecule has 0 spiro atoms. The molecule has 2 heterocycles. The molecule has 1 aliphatic rings. The van der Waals surface area contributed by atoms with Crippen molar-refractivity contribution >= 4 is 13.8 Å². The highest BCUT2D eigenvalue weighted by molar-refractivity contribution is 6.08. The first kappa shape index (κ1) is 20.2. The summed E-state index contributed by atoms with van der Waals surface area (Å²) in [5.74, 6) is -1.26. The largest absolute Gasteiger partial charge is 0.486 e. The highest BCUT2D eigenvalue weighted by atomic mass is 19.4. The van der Waals surface area contributed by atoms with E-state index in [0.29, 0.717) is 31.6 Å². The molecular formula is C19H21BF3N3O2. The maximum Gasteiger partial charge on any atom is 0.471 e. The van der Waals surface area contributed by atoms with Crippen LogP contribution in [0.15, 0.2) is 30.3 Å². The van der Waals surface area contributed by atoms with Crippen molar-refractivity contribution in [2.75, 3.05) is 19.6 Å². The van der Waals surface area contributed by atoms with Crippen LogP contribution in [0.3, 0.4) is 0 Å². The third kappa shape index (κ3) is 5.02. The molecule has 1 amide bonds. The van der Waals surface area contributed by atoms with Crippen LogP contribution in [0.25, 0.3) is 0 Å². The normalized spacial score (nSPS) is 14.3. The molecule has 28 heavy (non-hydrogen) atoms. The first-order valence-corrected chi connectivity index (χ1v) is 9.29. The molecule has 0 atom stereocenters. The summed E-state index contributed by atoms with van der Waals surface area (Å²) in [5, 5.41) is 8.15. The fourth-order valence-electron chi connectivity index (χ4n) is 3.29. The van der Waals surface area contributed by atoms with Crippen molar-refractivity contribution < 1.29 is 22.7 Å². The summed E-state index contributed by atoms with van der Waals surface area (Å²) in [6, 6.07) is 9.63. The summed E-state index contributed by atoms with van der Waals surface area (Å²) in [7, 11) is 1.88. The molecule has 0 N–H and O–H groups in total. The molecule has 1 aromatic carbocycles. The van der Waals surface area contributed by atoms with Gasteiger partial charge in [-0.15, -0.1) is 5.10 Å². The molecule has 1 aromatic heterocycles. The molecule has 0 bridgehead atoms. The third-order valence-electron chi connectivity index (χ3n) is 4.76. The molecule has 1 aliphatic heterocycles. The average Bonchev–Trinajstić information content (AvgIpc) is 2.88. The van der Waals surface area contributed by atoms with Crippen LogP contribution in [0, 0.1) is 0 Å². The van der Waals surface area contributed by atoms with E-state index in [2.05, 4.69) is 10.2 Å². The van der Waals surface area contributed by atoms with Crippen molar-refractivity contribution in [3.8, 4) is 5.88 Å². The number of amides is 1. The SMILES string of the molecule is BCOc1ccc(CCc2ccc3c(c2)CCN(C(=O)C(F)(F)F)CC3)nn1. The van der Waals surface area contributed by atoms with E-state index >= 15 is 0 Å². The summed E-state index contributed by atoms with van der Waals surface area (Å²) >= 11 is 0. The van der Waals surface area contributed by atoms with Gasteiger partial charge in [-0.1, -0.05) is 18.2 Å². The number of fused-ring (bicyclic) bond motifs is 1. The molecule has 148 valence electrons.